The van der Waals surface area contributed by atoms with Crippen molar-refractivity contribution >= 4 is 23.4 Å². The van der Waals surface area contributed by atoms with Gasteiger partial charge in [0.05, 0.1) is 6.61 Å². The van der Waals surface area contributed by atoms with E-state index >= 15 is 0 Å². The molecule has 1 aromatic carbocycles. The number of thioether (sulfide) groups is 1. The molecule has 1 rings (SSSR count). The van der Waals surface area contributed by atoms with E-state index < -0.39 is 11.4 Å². The molecule has 0 atom stereocenters. The lowest BCUT2D eigenvalue weighted by Gasteiger charge is -2.13. The van der Waals surface area contributed by atoms with Crippen LogP contribution in [-0.4, -0.2) is 30.3 Å². The van der Waals surface area contributed by atoms with Gasteiger partial charge in [-0.15, -0.1) is 0 Å². The van der Waals surface area contributed by atoms with Gasteiger partial charge in [0.1, 0.15) is 11.3 Å². The highest BCUT2D eigenvalue weighted by atomic mass is 32.2. The number of carbonyl (C=O) groups excluding carboxylic acids is 1. The van der Waals surface area contributed by atoms with Crippen LogP contribution < -0.4 is 15.8 Å². The summed E-state index contributed by atoms with van der Waals surface area (Å²) in [7, 11) is 0. The topological polar surface area (TPSA) is 64.3 Å². The lowest BCUT2D eigenvalue weighted by atomic mass is 10.1. The smallest absolute Gasteiger partial charge is 0.441 e. The molecule has 1 aromatic rings. The SMILES string of the molecule is CCOc1cccc(N)c1C(=O)NCCSC(F)(F)F. The predicted molar refractivity (Wildman–Crippen MR) is 72.9 cm³/mol. The summed E-state index contributed by atoms with van der Waals surface area (Å²) in [6.45, 7) is 2.00. The van der Waals surface area contributed by atoms with Crippen molar-refractivity contribution in [1.29, 1.82) is 0 Å². The van der Waals surface area contributed by atoms with Crippen LogP contribution in [0.3, 0.4) is 0 Å². The second kappa shape index (κ2) is 7.28. The Morgan fingerprint density at radius 2 is 2.15 bits per heavy atom. The molecule has 0 saturated heterocycles. The van der Waals surface area contributed by atoms with Gasteiger partial charge < -0.3 is 15.8 Å². The summed E-state index contributed by atoms with van der Waals surface area (Å²) < 4.78 is 41.1. The number of carbonyl (C=O) groups is 1. The van der Waals surface area contributed by atoms with Gasteiger partial charge in [-0.2, -0.15) is 13.2 Å². The maximum atomic E-state index is 11.9. The molecule has 0 spiro atoms. The average molecular weight is 308 g/mol. The summed E-state index contributed by atoms with van der Waals surface area (Å²) >= 11 is -0.188. The first-order chi connectivity index (χ1) is 9.35. The van der Waals surface area contributed by atoms with Crippen LogP contribution in [0.15, 0.2) is 18.2 Å². The molecule has 112 valence electrons. The Kier molecular flexibility index (Phi) is 6.00. The van der Waals surface area contributed by atoms with Crippen molar-refractivity contribution in [3.63, 3.8) is 0 Å². The third-order valence-corrected chi connectivity index (χ3v) is 2.97. The zero-order valence-corrected chi connectivity index (χ0v) is 11.6. The first-order valence-electron chi connectivity index (χ1n) is 5.85. The van der Waals surface area contributed by atoms with Gasteiger partial charge in [0.2, 0.25) is 0 Å². The molecule has 0 heterocycles. The number of rotatable bonds is 6. The molecule has 0 saturated carbocycles. The Bertz CT molecular complexity index is 467. The third-order valence-electron chi connectivity index (χ3n) is 2.24. The quantitative estimate of drug-likeness (QED) is 0.626. The molecule has 8 heteroatoms. The number of hydrogen-bond acceptors (Lipinski definition) is 4. The van der Waals surface area contributed by atoms with Crippen molar-refractivity contribution in [2.75, 3.05) is 24.6 Å². The monoisotopic (exact) mass is 308 g/mol. The minimum absolute atomic E-state index is 0.108. The number of nitrogens with one attached hydrogen (secondary N) is 1. The fourth-order valence-electron chi connectivity index (χ4n) is 1.49. The van der Waals surface area contributed by atoms with Crippen LogP contribution in [0.25, 0.3) is 0 Å². The van der Waals surface area contributed by atoms with Gasteiger partial charge in [0.15, 0.2) is 0 Å². The fraction of sp³-hybridized carbons (Fsp3) is 0.417. The molecule has 20 heavy (non-hydrogen) atoms. The number of amides is 1. The Hall–Kier alpha value is -1.57. The van der Waals surface area contributed by atoms with Crippen LogP contribution in [-0.2, 0) is 0 Å². The summed E-state index contributed by atoms with van der Waals surface area (Å²) in [6.07, 6.45) is 0. The highest BCUT2D eigenvalue weighted by Gasteiger charge is 2.27. The van der Waals surface area contributed by atoms with Crippen molar-refractivity contribution in [3.8, 4) is 5.75 Å². The number of anilines is 1. The number of alkyl halides is 3. The molecule has 0 aromatic heterocycles. The molecule has 3 N–H and O–H groups in total. The number of halogens is 3. The first-order valence-corrected chi connectivity index (χ1v) is 6.84. The largest absolute Gasteiger partial charge is 0.493 e. The molecular weight excluding hydrogens is 293 g/mol. The van der Waals surface area contributed by atoms with Gasteiger partial charge in [-0.3, -0.25) is 4.79 Å². The summed E-state index contributed by atoms with van der Waals surface area (Å²) in [4.78, 5) is 11.9. The number of benzene rings is 1. The summed E-state index contributed by atoms with van der Waals surface area (Å²) in [5.74, 6) is -0.492. The maximum absolute atomic E-state index is 11.9. The number of nitrogens with two attached hydrogens (primary N) is 1. The Balaban J connectivity index is 2.63. The maximum Gasteiger partial charge on any atom is 0.441 e. The van der Waals surface area contributed by atoms with E-state index in [4.69, 9.17) is 10.5 Å². The lowest BCUT2D eigenvalue weighted by Crippen LogP contribution is -2.27. The second-order valence-electron chi connectivity index (χ2n) is 3.70. The summed E-state index contributed by atoms with van der Waals surface area (Å²) in [6, 6.07) is 4.75. The van der Waals surface area contributed by atoms with Crippen LogP contribution in [0.2, 0.25) is 0 Å². The van der Waals surface area contributed by atoms with Crippen molar-refractivity contribution in [3.05, 3.63) is 23.8 Å². The van der Waals surface area contributed by atoms with E-state index in [1.165, 1.54) is 6.07 Å². The zero-order chi connectivity index (χ0) is 15.2. The molecule has 0 aliphatic carbocycles. The van der Waals surface area contributed by atoms with Crippen molar-refractivity contribution in [2.24, 2.45) is 0 Å². The molecule has 1 amide bonds. The van der Waals surface area contributed by atoms with Crippen molar-refractivity contribution < 1.29 is 22.7 Å². The van der Waals surface area contributed by atoms with E-state index in [1.54, 1.807) is 19.1 Å². The predicted octanol–water partition coefficient (Wildman–Crippen LogP) is 2.65. The van der Waals surface area contributed by atoms with Crippen LogP contribution in [0.5, 0.6) is 5.75 Å². The van der Waals surface area contributed by atoms with Gasteiger partial charge >= 0.3 is 5.51 Å². The summed E-state index contributed by atoms with van der Waals surface area (Å²) in [5, 5.41) is 2.39. The fourth-order valence-corrected chi connectivity index (χ4v) is 1.92. The molecule has 0 radical (unpaired) electrons. The highest BCUT2D eigenvalue weighted by Crippen LogP contribution is 2.29. The van der Waals surface area contributed by atoms with Gasteiger partial charge in [-0.25, -0.2) is 0 Å². The standard InChI is InChI=1S/C12H15F3N2O2S/c1-2-19-9-5-3-4-8(16)10(9)11(18)17-6-7-20-12(13,14)15/h3-5H,2,6-7,16H2,1H3,(H,17,18). The van der Waals surface area contributed by atoms with Gasteiger partial charge in [-0.1, -0.05) is 6.07 Å². The molecular formula is C12H15F3N2O2S. The molecule has 4 nitrogen and oxygen atoms in total. The van der Waals surface area contributed by atoms with Crippen LogP contribution in [0.1, 0.15) is 17.3 Å². The van der Waals surface area contributed by atoms with Crippen LogP contribution >= 0.6 is 11.8 Å². The molecule has 0 bridgehead atoms. The second-order valence-corrected chi connectivity index (χ2v) is 4.86. The third kappa shape index (κ3) is 5.20. The van der Waals surface area contributed by atoms with Gasteiger partial charge in [0, 0.05) is 18.0 Å². The molecule has 0 unspecified atom stereocenters. The normalized spacial score (nSPS) is 11.2. The molecule has 0 aliphatic heterocycles. The van der Waals surface area contributed by atoms with E-state index in [9.17, 15) is 18.0 Å². The first kappa shape index (κ1) is 16.5. The van der Waals surface area contributed by atoms with Crippen molar-refractivity contribution in [1.82, 2.24) is 5.32 Å². The van der Waals surface area contributed by atoms with E-state index in [-0.39, 0.29) is 35.3 Å². The minimum atomic E-state index is -4.30. The number of hydrogen-bond donors (Lipinski definition) is 2. The number of nitrogen functional groups attached to an aromatic ring is 1. The Labute approximate surface area is 118 Å². The molecule has 0 aliphatic rings. The number of ether oxygens (including phenoxy) is 1. The highest BCUT2D eigenvalue weighted by molar-refractivity contribution is 8.00. The van der Waals surface area contributed by atoms with E-state index in [2.05, 4.69) is 5.32 Å². The van der Waals surface area contributed by atoms with Crippen LogP contribution in [0.4, 0.5) is 18.9 Å². The van der Waals surface area contributed by atoms with Gasteiger partial charge in [0.25, 0.3) is 5.91 Å². The zero-order valence-electron chi connectivity index (χ0n) is 10.8. The van der Waals surface area contributed by atoms with Crippen molar-refractivity contribution in [2.45, 2.75) is 12.4 Å². The molecule has 0 fully saturated rings. The minimum Gasteiger partial charge on any atom is -0.493 e. The Morgan fingerprint density at radius 1 is 1.45 bits per heavy atom. The van der Waals surface area contributed by atoms with E-state index in [1.807, 2.05) is 0 Å². The van der Waals surface area contributed by atoms with Gasteiger partial charge in [-0.05, 0) is 30.8 Å². The van der Waals surface area contributed by atoms with Crippen LogP contribution in [0, 0.1) is 0 Å². The van der Waals surface area contributed by atoms with E-state index in [0.29, 0.717) is 12.4 Å². The average Bonchev–Trinajstić information content (AvgIpc) is 2.34. The lowest BCUT2D eigenvalue weighted by molar-refractivity contribution is -0.0327. The summed E-state index contributed by atoms with van der Waals surface area (Å²) in [5.41, 5.74) is 1.77. The Morgan fingerprint density at radius 3 is 2.75 bits per heavy atom. The van der Waals surface area contributed by atoms with E-state index in [0.717, 1.165) is 0 Å².